The first-order valence-corrected chi connectivity index (χ1v) is 14.2. The number of carboxylic acids is 1. The number of nitrogens with zero attached hydrogens (tertiary/aromatic N) is 1. The van der Waals surface area contributed by atoms with Gasteiger partial charge in [0, 0.05) is 18.0 Å². The number of carbonyl (C=O) groups is 1. The smallest absolute Gasteiger partial charge is 0.303 e. The minimum Gasteiger partial charge on any atom is -0.497 e. The zero-order valence-electron chi connectivity index (χ0n) is 23.0. The summed E-state index contributed by atoms with van der Waals surface area (Å²) < 4.78 is 41.8. The Morgan fingerprint density at radius 1 is 1.00 bits per heavy atom. The Morgan fingerprint density at radius 2 is 1.77 bits per heavy atom. The molecule has 5 nitrogen and oxygen atoms in total. The molecule has 0 spiro atoms. The number of hydrogen-bond acceptors (Lipinski definition) is 4. The van der Waals surface area contributed by atoms with E-state index in [0.717, 1.165) is 55.5 Å². The summed E-state index contributed by atoms with van der Waals surface area (Å²) >= 11 is 0. The van der Waals surface area contributed by atoms with E-state index in [2.05, 4.69) is 4.90 Å². The number of ether oxygens (including phenoxy) is 2. The normalized spacial score (nSPS) is 16.8. The lowest BCUT2D eigenvalue weighted by molar-refractivity contribution is -0.137. The predicted molar refractivity (Wildman–Crippen MR) is 151 cm³/mol. The van der Waals surface area contributed by atoms with Gasteiger partial charge in [0.05, 0.1) is 13.5 Å². The Morgan fingerprint density at radius 3 is 2.48 bits per heavy atom. The minimum atomic E-state index is -0.924. The molecule has 7 heteroatoms. The van der Waals surface area contributed by atoms with Crippen LogP contribution in [0.15, 0.2) is 54.6 Å². The van der Waals surface area contributed by atoms with Crippen LogP contribution in [0.2, 0.25) is 0 Å². The first-order chi connectivity index (χ1) is 19.4. The summed E-state index contributed by atoms with van der Waals surface area (Å²) in [6.45, 7) is 2.82. The van der Waals surface area contributed by atoms with Gasteiger partial charge in [0.15, 0.2) is 11.6 Å². The highest BCUT2D eigenvalue weighted by atomic mass is 19.1. The fourth-order valence-electron chi connectivity index (χ4n) is 5.81. The SMILES string of the molecule is COc1ccc(F)c(-c2ccc(COc3cccc([C@@H](CC(=O)O)C4CC4)c3F)cc2CN2CCCCCC2)c1. The topological polar surface area (TPSA) is 59.0 Å². The van der Waals surface area contributed by atoms with Crippen LogP contribution in [0.1, 0.15) is 67.6 Å². The van der Waals surface area contributed by atoms with E-state index in [0.29, 0.717) is 23.4 Å². The second-order valence-electron chi connectivity index (χ2n) is 11.0. The van der Waals surface area contributed by atoms with Gasteiger partial charge in [-0.15, -0.1) is 0 Å². The maximum absolute atomic E-state index is 15.5. The molecule has 2 fully saturated rings. The molecule has 3 aromatic rings. The van der Waals surface area contributed by atoms with Crippen molar-refractivity contribution in [1.29, 1.82) is 0 Å². The lowest BCUT2D eigenvalue weighted by Gasteiger charge is -2.23. The van der Waals surface area contributed by atoms with E-state index >= 15 is 8.78 Å². The van der Waals surface area contributed by atoms with Crippen LogP contribution in [-0.2, 0) is 17.9 Å². The summed E-state index contributed by atoms with van der Waals surface area (Å²) in [6.07, 6.45) is 6.48. The number of carboxylic acid groups (broad SMARTS) is 1. The largest absolute Gasteiger partial charge is 0.497 e. The molecular weight excluding hydrogens is 512 g/mol. The van der Waals surface area contributed by atoms with Gasteiger partial charge in [0.25, 0.3) is 0 Å². The van der Waals surface area contributed by atoms with Crippen molar-refractivity contribution in [3.05, 3.63) is 82.9 Å². The molecule has 1 saturated carbocycles. The van der Waals surface area contributed by atoms with Gasteiger partial charge in [-0.3, -0.25) is 9.69 Å². The summed E-state index contributed by atoms with van der Waals surface area (Å²) in [7, 11) is 1.57. The van der Waals surface area contributed by atoms with Crippen molar-refractivity contribution in [2.24, 2.45) is 5.92 Å². The summed E-state index contributed by atoms with van der Waals surface area (Å²) in [5.41, 5.74) is 3.54. The molecule has 1 aliphatic carbocycles. The van der Waals surface area contributed by atoms with E-state index in [9.17, 15) is 9.90 Å². The van der Waals surface area contributed by atoms with Gasteiger partial charge in [0.2, 0.25) is 0 Å². The van der Waals surface area contributed by atoms with Gasteiger partial charge >= 0.3 is 5.97 Å². The molecule has 1 heterocycles. The molecule has 0 amide bonds. The Hall–Kier alpha value is -3.45. The quantitative estimate of drug-likeness (QED) is 0.267. The summed E-state index contributed by atoms with van der Waals surface area (Å²) in [6, 6.07) is 15.6. The number of rotatable bonds is 11. The molecule has 2 aliphatic rings. The van der Waals surface area contributed by atoms with E-state index in [1.165, 1.54) is 18.9 Å². The lowest BCUT2D eigenvalue weighted by atomic mass is 9.90. The molecule has 40 heavy (non-hydrogen) atoms. The molecule has 1 aliphatic heterocycles. The standard InChI is InChI=1S/C33H37F2NO4/c1-39-25-12-14-30(34)29(18-25)26-13-9-22(17-24(26)20-36-15-4-2-3-5-16-36)21-40-31-8-6-7-27(33(31)35)28(19-32(37)38)23-10-11-23/h6-9,12-14,17-18,23,28H,2-5,10-11,15-16,19-21H2,1H3,(H,37,38)/t28-/m0/s1. The average Bonchev–Trinajstić information content (AvgIpc) is 3.81. The lowest BCUT2D eigenvalue weighted by Crippen LogP contribution is -2.24. The summed E-state index contributed by atoms with van der Waals surface area (Å²) in [5.74, 6) is -1.16. The first-order valence-electron chi connectivity index (χ1n) is 14.2. The van der Waals surface area contributed by atoms with Crippen molar-refractivity contribution in [1.82, 2.24) is 4.90 Å². The Balaban J connectivity index is 1.41. The number of halogens is 2. The van der Waals surface area contributed by atoms with Crippen molar-refractivity contribution in [3.63, 3.8) is 0 Å². The molecule has 5 rings (SSSR count). The first kappa shape index (κ1) is 28.1. The van der Waals surface area contributed by atoms with Crippen LogP contribution in [0.3, 0.4) is 0 Å². The predicted octanol–water partition coefficient (Wildman–Crippen LogP) is 7.56. The van der Waals surface area contributed by atoms with Crippen molar-refractivity contribution in [2.45, 2.75) is 64.0 Å². The Bertz CT molecular complexity index is 1330. The van der Waals surface area contributed by atoms with Crippen molar-refractivity contribution >= 4 is 5.97 Å². The molecule has 0 unspecified atom stereocenters. The maximum Gasteiger partial charge on any atom is 0.303 e. The van der Waals surface area contributed by atoms with Crippen LogP contribution < -0.4 is 9.47 Å². The van der Waals surface area contributed by atoms with Gasteiger partial charge < -0.3 is 14.6 Å². The van der Waals surface area contributed by atoms with Gasteiger partial charge in [-0.2, -0.15) is 0 Å². The third-order valence-corrected chi connectivity index (χ3v) is 8.10. The molecule has 0 radical (unpaired) electrons. The monoisotopic (exact) mass is 549 g/mol. The fraction of sp³-hybridized carbons (Fsp3) is 0.424. The Labute approximate surface area is 234 Å². The Kier molecular flexibility index (Phi) is 9.00. The highest BCUT2D eigenvalue weighted by Crippen LogP contribution is 2.46. The second kappa shape index (κ2) is 12.8. The third kappa shape index (κ3) is 6.81. The fourth-order valence-corrected chi connectivity index (χ4v) is 5.81. The number of hydrogen-bond donors (Lipinski definition) is 1. The minimum absolute atomic E-state index is 0.0901. The van der Waals surface area contributed by atoms with E-state index in [-0.39, 0.29) is 36.4 Å². The van der Waals surface area contributed by atoms with Crippen LogP contribution >= 0.6 is 0 Å². The van der Waals surface area contributed by atoms with E-state index < -0.39 is 11.8 Å². The maximum atomic E-state index is 15.5. The van der Waals surface area contributed by atoms with Gasteiger partial charge in [-0.25, -0.2) is 8.78 Å². The van der Waals surface area contributed by atoms with Crippen molar-refractivity contribution in [2.75, 3.05) is 20.2 Å². The molecule has 1 atom stereocenters. The zero-order chi connectivity index (χ0) is 28.1. The molecular formula is C33H37F2NO4. The number of benzene rings is 3. The van der Waals surface area contributed by atoms with Crippen LogP contribution in [0.25, 0.3) is 11.1 Å². The van der Waals surface area contributed by atoms with Crippen LogP contribution in [0, 0.1) is 17.6 Å². The van der Waals surface area contributed by atoms with Gasteiger partial charge in [0.1, 0.15) is 18.2 Å². The van der Waals surface area contributed by atoms with Crippen LogP contribution in [0.5, 0.6) is 11.5 Å². The molecule has 1 saturated heterocycles. The third-order valence-electron chi connectivity index (χ3n) is 8.10. The highest BCUT2D eigenvalue weighted by molar-refractivity contribution is 5.70. The van der Waals surface area contributed by atoms with E-state index in [1.54, 1.807) is 37.4 Å². The van der Waals surface area contributed by atoms with Crippen molar-refractivity contribution in [3.8, 4) is 22.6 Å². The number of methoxy groups -OCH3 is 1. The highest BCUT2D eigenvalue weighted by Gasteiger charge is 2.35. The van der Waals surface area contributed by atoms with E-state index in [4.69, 9.17) is 9.47 Å². The van der Waals surface area contributed by atoms with Crippen LogP contribution in [0.4, 0.5) is 8.78 Å². The average molecular weight is 550 g/mol. The van der Waals surface area contributed by atoms with Gasteiger partial charge in [-0.1, -0.05) is 43.2 Å². The van der Waals surface area contributed by atoms with Crippen LogP contribution in [-0.4, -0.2) is 36.2 Å². The molecule has 3 aromatic carbocycles. The zero-order valence-corrected chi connectivity index (χ0v) is 23.0. The number of likely N-dealkylation sites (tertiary alicyclic amines) is 1. The van der Waals surface area contributed by atoms with Gasteiger partial charge in [-0.05, 0) is 91.2 Å². The molecule has 0 bridgehead atoms. The molecule has 1 N–H and O–H groups in total. The second-order valence-corrected chi connectivity index (χ2v) is 11.0. The molecule has 212 valence electrons. The molecule has 0 aromatic heterocycles. The summed E-state index contributed by atoms with van der Waals surface area (Å²) in [4.78, 5) is 13.8. The van der Waals surface area contributed by atoms with E-state index in [1.807, 2.05) is 18.2 Å². The van der Waals surface area contributed by atoms with Crippen molar-refractivity contribution < 1.29 is 28.2 Å². The number of aliphatic carboxylic acids is 1. The summed E-state index contributed by atoms with van der Waals surface area (Å²) in [5, 5.41) is 9.36.